The molecule has 0 fully saturated rings. The first-order valence-electron chi connectivity index (χ1n) is 6.25. The lowest BCUT2D eigenvalue weighted by atomic mass is 10.1. The molecule has 0 aliphatic carbocycles. The Balaban J connectivity index is 1.99. The van der Waals surface area contributed by atoms with Gasteiger partial charge in [0.1, 0.15) is 5.82 Å². The van der Waals surface area contributed by atoms with Crippen LogP contribution in [0.2, 0.25) is 0 Å². The van der Waals surface area contributed by atoms with E-state index in [1.54, 1.807) is 12.1 Å². The molecule has 5 heteroatoms. The molecule has 0 aliphatic rings. The van der Waals surface area contributed by atoms with E-state index in [4.69, 9.17) is 4.74 Å². The Morgan fingerprint density at radius 2 is 1.90 bits per heavy atom. The largest absolute Gasteiger partial charge is 0.494 e. The predicted molar refractivity (Wildman–Crippen MR) is 85.5 cm³/mol. The highest BCUT2D eigenvalue weighted by atomic mass is 79.9. The molecule has 0 saturated heterocycles. The molecule has 0 N–H and O–H groups in total. The monoisotopic (exact) mass is 368 g/mol. The second-order valence-corrected chi connectivity index (χ2v) is 6.62. The Morgan fingerprint density at radius 3 is 2.62 bits per heavy atom. The molecule has 1 atom stereocenters. The van der Waals surface area contributed by atoms with E-state index in [9.17, 15) is 8.78 Å². The average Bonchev–Trinajstić information content (AvgIpc) is 2.89. The van der Waals surface area contributed by atoms with E-state index in [-0.39, 0.29) is 16.4 Å². The molecule has 3 rings (SSSR count). The highest BCUT2D eigenvalue weighted by Gasteiger charge is 2.16. The van der Waals surface area contributed by atoms with Crippen LogP contribution in [0.1, 0.15) is 15.3 Å². The maximum atomic E-state index is 13.8. The van der Waals surface area contributed by atoms with Crippen molar-refractivity contribution in [2.75, 3.05) is 7.11 Å². The van der Waals surface area contributed by atoms with Gasteiger partial charge in [0.15, 0.2) is 11.6 Å². The zero-order chi connectivity index (χ0) is 15.0. The molecule has 0 bridgehead atoms. The summed E-state index contributed by atoms with van der Waals surface area (Å²) in [5.41, 5.74) is 0.792. The van der Waals surface area contributed by atoms with Crippen LogP contribution in [-0.2, 0) is 0 Å². The number of hydrogen-bond acceptors (Lipinski definition) is 2. The first kappa shape index (κ1) is 14.5. The van der Waals surface area contributed by atoms with E-state index in [0.29, 0.717) is 0 Å². The number of methoxy groups -OCH3 is 1. The van der Waals surface area contributed by atoms with Crippen LogP contribution in [-0.4, -0.2) is 7.11 Å². The third-order valence-electron chi connectivity index (χ3n) is 3.22. The summed E-state index contributed by atoms with van der Waals surface area (Å²) in [5.74, 6) is -0.430. The second kappa shape index (κ2) is 5.73. The summed E-state index contributed by atoms with van der Waals surface area (Å²) in [6.07, 6.45) is 0. The van der Waals surface area contributed by atoms with Gasteiger partial charge in [-0.2, -0.15) is 0 Å². The number of thiophene rings is 1. The van der Waals surface area contributed by atoms with Crippen molar-refractivity contribution in [1.82, 2.24) is 0 Å². The van der Waals surface area contributed by atoms with Gasteiger partial charge in [0.2, 0.25) is 0 Å². The fourth-order valence-corrected chi connectivity index (χ4v) is 3.95. The van der Waals surface area contributed by atoms with Crippen molar-refractivity contribution < 1.29 is 13.5 Å². The number of ether oxygens (including phenoxy) is 1. The van der Waals surface area contributed by atoms with E-state index in [1.807, 2.05) is 12.1 Å². The smallest absolute Gasteiger partial charge is 0.165 e. The van der Waals surface area contributed by atoms with Gasteiger partial charge in [-0.1, -0.05) is 28.1 Å². The zero-order valence-corrected chi connectivity index (χ0v) is 13.5. The molecule has 1 nitrogen and oxygen atoms in total. The Bertz CT molecular complexity index is 800. The van der Waals surface area contributed by atoms with Gasteiger partial charge in [-0.05, 0) is 41.3 Å². The molecule has 3 aromatic rings. The molecule has 0 radical (unpaired) electrons. The van der Waals surface area contributed by atoms with Crippen LogP contribution >= 0.6 is 27.3 Å². The zero-order valence-electron chi connectivity index (χ0n) is 11.1. The molecular weight excluding hydrogens is 358 g/mol. The number of halogens is 3. The number of benzene rings is 2. The quantitative estimate of drug-likeness (QED) is 0.541. The van der Waals surface area contributed by atoms with E-state index in [0.717, 1.165) is 20.5 Å². The summed E-state index contributed by atoms with van der Waals surface area (Å²) in [4.78, 5) is 0.860. The fourth-order valence-electron chi connectivity index (χ4n) is 2.15. The molecule has 1 aromatic heterocycles. The van der Waals surface area contributed by atoms with E-state index >= 15 is 0 Å². The van der Waals surface area contributed by atoms with Crippen LogP contribution in [0.3, 0.4) is 0 Å². The molecule has 21 heavy (non-hydrogen) atoms. The van der Waals surface area contributed by atoms with Crippen molar-refractivity contribution >= 4 is 37.4 Å². The minimum Gasteiger partial charge on any atom is -0.494 e. The molecule has 1 unspecified atom stereocenters. The summed E-state index contributed by atoms with van der Waals surface area (Å²) in [5, 5.41) is 0.981. The number of rotatable bonds is 3. The minimum absolute atomic E-state index is 0.140. The van der Waals surface area contributed by atoms with Gasteiger partial charge in [-0.25, -0.2) is 8.78 Å². The molecule has 108 valence electrons. The Hall–Kier alpha value is -1.46. The average molecular weight is 369 g/mol. The summed E-state index contributed by atoms with van der Waals surface area (Å²) >= 11 is 5.07. The lowest BCUT2D eigenvalue weighted by molar-refractivity contribution is 0.386. The lowest BCUT2D eigenvalue weighted by Gasteiger charge is -2.09. The molecule has 2 aromatic carbocycles. The van der Waals surface area contributed by atoms with Crippen LogP contribution in [0.25, 0.3) is 10.1 Å². The third kappa shape index (κ3) is 2.80. The van der Waals surface area contributed by atoms with Gasteiger partial charge in [0, 0.05) is 9.58 Å². The van der Waals surface area contributed by atoms with E-state index in [1.165, 1.54) is 36.6 Å². The fraction of sp³-hybridized carbons (Fsp3) is 0.125. The van der Waals surface area contributed by atoms with Crippen LogP contribution in [0.5, 0.6) is 5.75 Å². The highest BCUT2D eigenvalue weighted by Crippen LogP contribution is 2.39. The van der Waals surface area contributed by atoms with Gasteiger partial charge in [-0.3, -0.25) is 0 Å². The molecule has 0 amide bonds. The van der Waals surface area contributed by atoms with Crippen molar-refractivity contribution in [3.8, 4) is 5.75 Å². The first-order chi connectivity index (χ1) is 10.1. The highest BCUT2D eigenvalue weighted by molar-refractivity contribution is 9.09. The molecule has 1 heterocycles. The van der Waals surface area contributed by atoms with Crippen molar-refractivity contribution in [2.24, 2.45) is 0 Å². The third-order valence-corrected chi connectivity index (χ3v) is 5.71. The number of hydrogen-bond donors (Lipinski definition) is 0. The number of alkyl halides is 1. The van der Waals surface area contributed by atoms with Crippen molar-refractivity contribution in [3.63, 3.8) is 0 Å². The maximum absolute atomic E-state index is 13.8. The second-order valence-electron chi connectivity index (χ2n) is 4.59. The van der Waals surface area contributed by atoms with Crippen LogP contribution < -0.4 is 4.74 Å². The lowest BCUT2D eigenvalue weighted by Crippen LogP contribution is -1.93. The van der Waals surface area contributed by atoms with Gasteiger partial charge < -0.3 is 4.74 Å². The summed E-state index contributed by atoms with van der Waals surface area (Å²) in [6.45, 7) is 0. The van der Waals surface area contributed by atoms with Crippen LogP contribution in [0.4, 0.5) is 8.78 Å². The van der Waals surface area contributed by atoms with Crippen LogP contribution in [0, 0.1) is 11.6 Å². The summed E-state index contributed by atoms with van der Waals surface area (Å²) in [6, 6.07) is 11.5. The summed E-state index contributed by atoms with van der Waals surface area (Å²) in [7, 11) is 1.43. The molecule has 0 spiro atoms. The predicted octanol–water partition coefficient (Wildman–Crippen LogP) is 5.67. The SMILES string of the molecule is COc1ccc(C(Br)c2cc3ccc(F)cc3s2)cc1F. The Labute approximate surface area is 133 Å². The van der Waals surface area contributed by atoms with E-state index < -0.39 is 5.82 Å². The molecular formula is C16H11BrF2OS. The number of fused-ring (bicyclic) bond motifs is 1. The summed E-state index contributed by atoms with van der Waals surface area (Å²) < 4.78 is 32.8. The standard InChI is InChI=1S/C16H11BrF2OS/c1-20-13-5-3-10(6-12(13)19)16(17)15-7-9-2-4-11(18)8-14(9)21-15/h2-8,16H,1H3. The van der Waals surface area contributed by atoms with Gasteiger partial charge >= 0.3 is 0 Å². The maximum Gasteiger partial charge on any atom is 0.165 e. The van der Waals surface area contributed by atoms with Crippen LogP contribution in [0.15, 0.2) is 42.5 Å². The van der Waals surface area contributed by atoms with Crippen molar-refractivity contribution in [2.45, 2.75) is 4.83 Å². The Morgan fingerprint density at radius 1 is 1.10 bits per heavy atom. The normalized spacial score (nSPS) is 12.6. The topological polar surface area (TPSA) is 9.23 Å². The van der Waals surface area contributed by atoms with Gasteiger partial charge in [-0.15, -0.1) is 11.3 Å². The van der Waals surface area contributed by atoms with E-state index in [2.05, 4.69) is 15.9 Å². The van der Waals surface area contributed by atoms with Gasteiger partial charge in [0.05, 0.1) is 11.9 Å². The molecule has 0 saturated carbocycles. The minimum atomic E-state index is -0.397. The van der Waals surface area contributed by atoms with Crippen molar-refractivity contribution in [1.29, 1.82) is 0 Å². The Kier molecular flexibility index (Phi) is 3.95. The molecule has 0 aliphatic heterocycles. The van der Waals surface area contributed by atoms with Crippen molar-refractivity contribution in [3.05, 3.63) is 64.5 Å². The first-order valence-corrected chi connectivity index (χ1v) is 7.98. The van der Waals surface area contributed by atoms with Gasteiger partial charge in [0.25, 0.3) is 0 Å².